The van der Waals surface area contributed by atoms with Crippen LogP contribution >= 0.6 is 11.6 Å². The van der Waals surface area contributed by atoms with Crippen molar-refractivity contribution < 1.29 is 17.6 Å². The van der Waals surface area contributed by atoms with E-state index in [1.54, 1.807) is 25.1 Å². The molecular formula is C22H24ClFN2O3S. The fraction of sp³-hybridized carbons (Fsp3) is 0.318. The zero-order valence-corrected chi connectivity index (χ0v) is 18.4. The van der Waals surface area contributed by atoms with Gasteiger partial charge in [0.1, 0.15) is 5.82 Å². The average molecular weight is 451 g/mol. The summed E-state index contributed by atoms with van der Waals surface area (Å²) in [6.07, 6.45) is 4.44. The number of sulfone groups is 1. The van der Waals surface area contributed by atoms with Crippen molar-refractivity contribution in [3.63, 3.8) is 0 Å². The molecule has 5 nitrogen and oxygen atoms in total. The van der Waals surface area contributed by atoms with Gasteiger partial charge in [-0.3, -0.25) is 4.79 Å². The van der Waals surface area contributed by atoms with Gasteiger partial charge in [-0.2, -0.15) is 0 Å². The van der Waals surface area contributed by atoms with Gasteiger partial charge in [-0.25, -0.2) is 12.8 Å². The van der Waals surface area contributed by atoms with Crippen LogP contribution in [-0.4, -0.2) is 33.2 Å². The van der Waals surface area contributed by atoms with E-state index in [1.807, 2.05) is 12.1 Å². The number of rotatable bonds is 6. The molecule has 2 aromatic carbocycles. The second-order valence-electron chi connectivity index (χ2n) is 7.48. The highest BCUT2D eigenvalue weighted by Crippen LogP contribution is 2.39. The molecule has 2 aromatic rings. The topological polar surface area (TPSA) is 66.5 Å². The average Bonchev–Trinajstić information content (AvgIpc) is 3.15. The number of anilines is 1. The van der Waals surface area contributed by atoms with Crippen molar-refractivity contribution in [2.24, 2.45) is 0 Å². The van der Waals surface area contributed by atoms with E-state index in [0.717, 1.165) is 42.3 Å². The number of benzene rings is 2. The fourth-order valence-corrected chi connectivity index (χ4v) is 4.39. The maximum atomic E-state index is 13.4. The number of hydrogen-bond acceptors (Lipinski definition) is 4. The summed E-state index contributed by atoms with van der Waals surface area (Å²) in [4.78, 5) is 14.6. The zero-order chi connectivity index (χ0) is 21.9. The van der Waals surface area contributed by atoms with Crippen molar-refractivity contribution in [1.82, 2.24) is 5.32 Å². The minimum absolute atomic E-state index is 0.0546. The van der Waals surface area contributed by atoms with Gasteiger partial charge in [-0.05, 0) is 61.7 Å². The highest BCUT2D eigenvalue weighted by atomic mass is 35.5. The first kappa shape index (κ1) is 22.3. The molecule has 30 heavy (non-hydrogen) atoms. The molecule has 0 saturated carbocycles. The second kappa shape index (κ2) is 9.18. The Morgan fingerprint density at radius 3 is 2.60 bits per heavy atom. The molecule has 0 bridgehead atoms. The minimum Gasteiger partial charge on any atom is -0.364 e. The molecule has 1 saturated heterocycles. The van der Waals surface area contributed by atoms with Crippen LogP contribution in [0, 0.1) is 5.82 Å². The summed E-state index contributed by atoms with van der Waals surface area (Å²) in [6, 6.07) is 11.3. The van der Waals surface area contributed by atoms with Crippen LogP contribution in [0.2, 0.25) is 5.02 Å². The van der Waals surface area contributed by atoms with Crippen LogP contribution in [0.15, 0.2) is 53.9 Å². The molecule has 1 aliphatic heterocycles. The van der Waals surface area contributed by atoms with Gasteiger partial charge >= 0.3 is 0 Å². The summed E-state index contributed by atoms with van der Waals surface area (Å²) in [5.41, 5.74) is 2.33. The van der Waals surface area contributed by atoms with E-state index in [4.69, 9.17) is 11.6 Å². The first-order valence-electron chi connectivity index (χ1n) is 9.65. The third kappa shape index (κ3) is 5.61. The molecule has 0 spiro atoms. The lowest BCUT2D eigenvalue weighted by molar-refractivity contribution is 0.0947. The lowest BCUT2D eigenvalue weighted by atomic mass is 10.0. The predicted octanol–water partition coefficient (Wildman–Crippen LogP) is 4.50. The Morgan fingerprint density at radius 2 is 1.97 bits per heavy atom. The summed E-state index contributed by atoms with van der Waals surface area (Å²) in [5.74, 6) is -0.643. The van der Waals surface area contributed by atoms with E-state index in [-0.39, 0.29) is 17.8 Å². The maximum Gasteiger partial charge on any atom is 0.251 e. The normalized spacial score (nSPS) is 18.0. The third-order valence-corrected chi connectivity index (χ3v) is 5.99. The summed E-state index contributed by atoms with van der Waals surface area (Å²) in [7, 11) is -3.24. The van der Waals surface area contributed by atoms with Crippen LogP contribution in [0.1, 0.15) is 41.7 Å². The quantitative estimate of drug-likeness (QED) is 0.703. The number of halogens is 2. The monoisotopic (exact) mass is 450 g/mol. The van der Waals surface area contributed by atoms with E-state index < -0.39 is 15.9 Å². The van der Waals surface area contributed by atoms with Crippen LogP contribution in [-0.2, 0) is 9.84 Å². The summed E-state index contributed by atoms with van der Waals surface area (Å²) in [6.45, 7) is 2.55. The number of nitrogens with zero attached hydrogens (tertiary/aromatic N) is 1. The van der Waals surface area contributed by atoms with Crippen molar-refractivity contribution in [1.29, 1.82) is 0 Å². The molecule has 3 rings (SSSR count). The Morgan fingerprint density at radius 1 is 1.27 bits per heavy atom. The summed E-state index contributed by atoms with van der Waals surface area (Å²) >= 11 is 6.27. The molecule has 0 aromatic heterocycles. The number of hydrogen-bond donors (Lipinski definition) is 1. The van der Waals surface area contributed by atoms with E-state index in [1.165, 1.54) is 18.2 Å². The fourth-order valence-electron chi connectivity index (χ4n) is 3.57. The summed E-state index contributed by atoms with van der Waals surface area (Å²) in [5, 5.41) is 4.24. The van der Waals surface area contributed by atoms with Gasteiger partial charge in [-0.15, -0.1) is 0 Å². The van der Waals surface area contributed by atoms with Gasteiger partial charge in [0.05, 0.1) is 6.04 Å². The Labute approximate surface area is 181 Å². The Bertz CT molecular complexity index is 1050. The van der Waals surface area contributed by atoms with E-state index >= 15 is 0 Å². The van der Waals surface area contributed by atoms with Crippen molar-refractivity contribution in [3.8, 4) is 0 Å². The second-order valence-corrected chi connectivity index (χ2v) is 9.82. The smallest absolute Gasteiger partial charge is 0.251 e. The zero-order valence-electron chi connectivity index (χ0n) is 16.8. The molecule has 1 N–H and O–H groups in total. The standard InChI is InChI=1S/C22H24ClFN2O3S/c1-15(11-13-30(2,28)29)25-22(27)16-5-8-18(9-6-16)26-12-3-4-21(26)19-10-7-17(24)14-20(19)23/h5-11,13-15,21H,3-4,12H2,1-2H3,(H,25,27)/b13-11+/t15-,21+/m1/s1. The predicted molar refractivity (Wildman–Crippen MR) is 118 cm³/mol. The van der Waals surface area contributed by atoms with Gasteiger partial charge < -0.3 is 10.2 Å². The first-order valence-corrected chi connectivity index (χ1v) is 12.0. The van der Waals surface area contributed by atoms with Gasteiger partial charge in [0.2, 0.25) is 0 Å². The molecule has 0 aliphatic carbocycles. The van der Waals surface area contributed by atoms with Gasteiger partial charge in [-0.1, -0.05) is 23.7 Å². The van der Waals surface area contributed by atoms with E-state index in [0.29, 0.717) is 10.6 Å². The van der Waals surface area contributed by atoms with Crippen LogP contribution in [0.3, 0.4) is 0 Å². The summed E-state index contributed by atoms with van der Waals surface area (Å²) < 4.78 is 35.8. The molecular weight excluding hydrogens is 427 g/mol. The maximum absolute atomic E-state index is 13.4. The highest BCUT2D eigenvalue weighted by Gasteiger charge is 2.28. The van der Waals surface area contributed by atoms with Crippen molar-refractivity contribution >= 4 is 33.0 Å². The lowest BCUT2D eigenvalue weighted by Crippen LogP contribution is -2.31. The molecule has 0 radical (unpaired) electrons. The van der Waals surface area contributed by atoms with E-state index in [2.05, 4.69) is 10.2 Å². The molecule has 8 heteroatoms. The van der Waals surface area contributed by atoms with Crippen molar-refractivity contribution in [2.45, 2.75) is 31.8 Å². The number of carbonyl (C=O) groups excluding carboxylic acids is 1. The molecule has 1 heterocycles. The first-order chi connectivity index (χ1) is 14.1. The molecule has 2 atom stereocenters. The molecule has 1 aliphatic rings. The lowest BCUT2D eigenvalue weighted by Gasteiger charge is -2.28. The molecule has 0 unspecified atom stereocenters. The Hall–Kier alpha value is -2.38. The SMILES string of the molecule is C[C@H](/C=C/S(C)(=O)=O)NC(=O)c1ccc(N2CCC[C@H]2c2ccc(F)cc2Cl)cc1. The van der Waals surface area contributed by atoms with Crippen LogP contribution in [0.5, 0.6) is 0 Å². The van der Waals surface area contributed by atoms with Crippen LogP contribution in [0.4, 0.5) is 10.1 Å². The van der Waals surface area contributed by atoms with Crippen LogP contribution in [0.25, 0.3) is 0 Å². The van der Waals surface area contributed by atoms with Crippen molar-refractivity contribution in [2.75, 3.05) is 17.7 Å². The number of nitrogens with one attached hydrogen (secondary N) is 1. The van der Waals surface area contributed by atoms with Crippen molar-refractivity contribution in [3.05, 3.63) is 75.9 Å². The largest absolute Gasteiger partial charge is 0.364 e. The molecule has 1 fully saturated rings. The van der Waals surface area contributed by atoms with Gasteiger partial charge in [0.25, 0.3) is 5.91 Å². The molecule has 1 amide bonds. The minimum atomic E-state index is -3.24. The van der Waals surface area contributed by atoms with Gasteiger partial charge in [0, 0.05) is 40.5 Å². The van der Waals surface area contributed by atoms with Gasteiger partial charge in [0.15, 0.2) is 9.84 Å². The third-order valence-electron chi connectivity index (χ3n) is 5.01. The highest BCUT2D eigenvalue weighted by molar-refractivity contribution is 7.93. The Kier molecular flexibility index (Phi) is 6.83. The molecule has 160 valence electrons. The number of carbonyl (C=O) groups is 1. The van der Waals surface area contributed by atoms with E-state index in [9.17, 15) is 17.6 Å². The Balaban J connectivity index is 1.71. The van der Waals surface area contributed by atoms with Crippen LogP contribution < -0.4 is 10.2 Å². The number of amides is 1.